The van der Waals surface area contributed by atoms with Crippen LogP contribution >= 0.6 is 0 Å². The summed E-state index contributed by atoms with van der Waals surface area (Å²) in [6.07, 6.45) is 6.54. The number of hydrogen-bond acceptors (Lipinski definition) is 3. The zero-order chi connectivity index (χ0) is 15.7. The molecule has 0 unspecified atom stereocenters. The molecule has 2 aliphatic rings. The molecule has 1 saturated carbocycles. The summed E-state index contributed by atoms with van der Waals surface area (Å²) < 4.78 is 6.62. The van der Waals surface area contributed by atoms with Gasteiger partial charge in [0, 0.05) is 25.4 Å². The topological polar surface area (TPSA) is 29.5 Å². The van der Waals surface area contributed by atoms with E-state index in [1.807, 2.05) is 0 Å². The molecule has 21 heavy (non-hydrogen) atoms. The molecule has 1 saturated heterocycles. The molecule has 0 bridgehead atoms. The van der Waals surface area contributed by atoms with Gasteiger partial charge in [-0.2, -0.15) is 0 Å². The van der Waals surface area contributed by atoms with Crippen LogP contribution in [0.3, 0.4) is 0 Å². The highest BCUT2D eigenvalue weighted by Crippen LogP contribution is 2.38. The van der Waals surface area contributed by atoms with E-state index in [-0.39, 0.29) is 5.04 Å². The minimum Gasteiger partial charge on any atom is -0.413 e. The van der Waals surface area contributed by atoms with Crippen LogP contribution in [-0.4, -0.2) is 44.2 Å². The third kappa shape index (κ3) is 4.39. The first-order valence-corrected chi connectivity index (χ1v) is 11.5. The number of hydrogen-bond donors (Lipinski definition) is 0. The average Bonchev–Trinajstić information content (AvgIpc) is 2.38. The second-order valence-corrected chi connectivity index (χ2v) is 13.2. The number of carbonyl (C=O) groups excluding carboxylic acids is 1. The Morgan fingerprint density at radius 1 is 1.14 bits per heavy atom. The quantitative estimate of drug-likeness (QED) is 0.738. The molecule has 2 rings (SSSR count). The van der Waals surface area contributed by atoms with Crippen LogP contribution in [0.1, 0.15) is 59.3 Å². The molecule has 1 atom stereocenters. The van der Waals surface area contributed by atoms with Crippen molar-refractivity contribution in [3.8, 4) is 0 Å². The van der Waals surface area contributed by atoms with Crippen LogP contribution in [0.5, 0.6) is 0 Å². The Hall–Kier alpha value is -0.193. The highest BCUT2D eigenvalue weighted by molar-refractivity contribution is 6.74. The van der Waals surface area contributed by atoms with Gasteiger partial charge in [0.1, 0.15) is 5.78 Å². The van der Waals surface area contributed by atoms with Crippen LogP contribution in [0.2, 0.25) is 18.1 Å². The summed E-state index contributed by atoms with van der Waals surface area (Å²) in [5, 5.41) is 0.284. The molecule has 1 aliphatic heterocycles. The molecule has 0 N–H and O–H groups in total. The maximum Gasteiger partial charge on any atom is 0.192 e. The van der Waals surface area contributed by atoms with Crippen LogP contribution in [-0.2, 0) is 9.22 Å². The van der Waals surface area contributed by atoms with Crippen LogP contribution < -0.4 is 0 Å². The van der Waals surface area contributed by atoms with E-state index >= 15 is 0 Å². The summed E-state index contributed by atoms with van der Waals surface area (Å²) in [4.78, 5) is 14.0. The van der Waals surface area contributed by atoms with E-state index in [0.29, 0.717) is 17.9 Å². The molecule has 0 aromatic carbocycles. The predicted octanol–water partition coefficient (Wildman–Crippen LogP) is 3.98. The van der Waals surface area contributed by atoms with Gasteiger partial charge in [0.05, 0.1) is 6.10 Å². The van der Waals surface area contributed by atoms with Gasteiger partial charge in [0.15, 0.2) is 8.32 Å². The van der Waals surface area contributed by atoms with Gasteiger partial charge >= 0.3 is 0 Å². The average molecular weight is 312 g/mol. The fraction of sp³-hybridized carbons (Fsp3) is 0.941. The van der Waals surface area contributed by atoms with Crippen LogP contribution in [0, 0.1) is 0 Å². The molecule has 3 nitrogen and oxygen atoms in total. The third-order valence-electron chi connectivity index (χ3n) is 5.71. The monoisotopic (exact) mass is 311 g/mol. The standard InChI is InChI=1S/C17H33NO2Si/c1-17(2,3)21(4,5)20-16-7-6-12-18(13-16)14-8-10-15(19)11-9-14/h14,16H,6-13H2,1-5H3/t16-/m0/s1. The fourth-order valence-electron chi connectivity index (χ4n) is 3.28. The van der Waals surface area contributed by atoms with Crippen molar-refractivity contribution in [1.82, 2.24) is 4.90 Å². The summed E-state index contributed by atoms with van der Waals surface area (Å²) in [5.74, 6) is 0.456. The first-order chi connectivity index (χ1) is 9.69. The lowest BCUT2D eigenvalue weighted by Gasteiger charge is -2.44. The molecular weight excluding hydrogens is 278 g/mol. The molecule has 0 spiro atoms. The van der Waals surface area contributed by atoms with E-state index in [9.17, 15) is 4.79 Å². The van der Waals surface area contributed by atoms with E-state index in [4.69, 9.17) is 4.43 Å². The van der Waals surface area contributed by atoms with E-state index in [1.165, 1.54) is 19.4 Å². The van der Waals surface area contributed by atoms with Gasteiger partial charge in [-0.25, -0.2) is 0 Å². The van der Waals surface area contributed by atoms with Crippen molar-refractivity contribution < 1.29 is 9.22 Å². The number of carbonyl (C=O) groups is 1. The number of nitrogens with zero attached hydrogens (tertiary/aromatic N) is 1. The molecule has 1 aliphatic carbocycles. The Bertz CT molecular complexity index is 365. The summed E-state index contributed by atoms with van der Waals surface area (Å²) in [6.45, 7) is 13.9. The number of Topliss-reactive ketones (excluding diaryl/α,β-unsaturated/α-hetero) is 1. The predicted molar refractivity (Wildman–Crippen MR) is 90.1 cm³/mol. The van der Waals surface area contributed by atoms with Crippen molar-refractivity contribution in [3.05, 3.63) is 0 Å². The number of piperidine rings is 1. The molecule has 1 heterocycles. The lowest BCUT2D eigenvalue weighted by molar-refractivity contribution is -0.121. The molecule has 4 heteroatoms. The Kier molecular flexibility index (Phi) is 5.32. The minimum atomic E-state index is -1.66. The van der Waals surface area contributed by atoms with Gasteiger partial charge in [0.2, 0.25) is 0 Å². The van der Waals surface area contributed by atoms with Crippen LogP contribution in [0.4, 0.5) is 0 Å². The summed E-state index contributed by atoms with van der Waals surface area (Å²) in [5.41, 5.74) is 0. The summed E-state index contributed by atoms with van der Waals surface area (Å²) in [7, 11) is -1.66. The third-order valence-corrected chi connectivity index (χ3v) is 10.2. The normalized spacial score (nSPS) is 27.1. The zero-order valence-corrected chi connectivity index (χ0v) is 15.6. The number of likely N-dealkylation sites (tertiary alicyclic amines) is 1. The highest BCUT2D eigenvalue weighted by atomic mass is 28.4. The first kappa shape index (κ1) is 17.2. The van der Waals surface area contributed by atoms with Crippen molar-refractivity contribution in [2.24, 2.45) is 0 Å². The van der Waals surface area contributed by atoms with E-state index in [2.05, 4.69) is 38.8 Å². The summed E-state index contributed by atoms with van der Waals surface area (Å²) in [6, 6.07) is 0.619. The SMILES string of the molecule is CC(C)(C)[Si](C)(C)O[C@H]1CCCN(C2CCC(=O)CC2)C1. The Labute approximate surface area is 131 Å². The Balaban J connectivity index is 1.90. The van der Waals surface area contributed by atoms with E-state index in [0.717, 1.165) is 32.2 Å². The van der Waals surface area contributed by atoms with Crippen LogP contribution in [0.25, 0.3) is 0 Å². The van der Waals surface area contributed by atoms with Gasteiger partial charge in [-0.05, 0) is 50.4 Å². The smallest absolute Gasteiger partial charge is 0.192 e. The van der Waals surface area contributed by atoms with Crippen molar-refractivity contribution >= 4 is 14.1 Å². The Morgan fingerprint density at radius 3 is 2.33 bits per heavy atom. The molecule has 0 amide bonds. The molecule has 0 aromatic rings. The first-order valence-electron chi connectivity index (χ1n) is 8.62. The van der Waals surface area contributed by atoms with Crippen molar-refractivity contribution in [2.75, 3.05) is 13.1 Å². The van der Waals surface area contributed by atoms with Gasteiger partial charge < -0.3 is 4.43 Å². The maximum absolute atomic E-state index is 11.4. The van der Waals surface area contributed by atoms with Crippen LogP contribution in [0.15, 0.2) is 0 Å². The second kappa shape index (κ2) is 6.51. The maximum atomic E-state index is 11.4. The van der Waals surface area contributed by atoms with Gasteiger partial charge in [0.25, 0.3) is 0 Å². The molecular formula is C17H33NO2Si. The lowest BCUT2D eigenvalue weighted by Crippen LogP contribution is -2.51. The van der Waals surface area contributed by atoms with Gasteiger partial charge in [-0.3, -0.25) is 9.69 Å². The number of rotatable bonds is 3. The largest absolute Gasteiger partial charge is 0.413 e. The van der Waals surface area contributed by atoms with Crippen molar-refractivity contribution in [3.63, 3.8) is 0 Å². The zero-order valence-electron chi connectivity index (χ0n) is 14.6. The molecule has 0 radical (unpaired) electrons. The van der Waals surface area contributed by atoms with E-state index in [1.54, 1.807) is 0 Å². The van der Waals surface area contributed by atoms with Gasteiger partial charge in [-0.1, -0.05) is 20.8 Å². The highest BCUT2D eigenvalue weighted by Gasteiger charge is 2.40. The fourth-order valence-corrected chi connectivity index (χ4v) is 4.66. The molecule has 122 valence electrons. The molecule has 0 aromatic heterocycles. The summed E-state index contributed by atoms with van der Waals surface area (Å²) >= 11 is 0. The van der Waals surface area contributed by atoms with Gasteiger partial charge in [-0.15, -0.1) is 0 Å². The Morgan fingerprint density at radius 2 is 1.76 bits per heavy atom. The molecule has 2 fully saturated rings. The number of ketones is 1. The van der Waals surface area contributed by atoms with E-state index < -0.39 is 8.32 Å². The van der Waals surface area contributed by atoms with Crippen molar-refractivity contribution in [1.29, 1.82) is 0 Å². The van der Waals surface area contributed by atoms with Crippen molar-refractivity contribution in [2.45, 2.75) is 89.6 Å². The second-order valence-electron chi connectivity index (χ2n) is 8.41. The minimum absolute atomic E-state index is 0.284. The lowest BCUT2D eigenvalue weighted by atomic mass is 9.91.